The Balaban J connectivity index is 1.73. The summed E-state index contributed by atoms with van der Waals surface area (Å²) in [5.74, 6) is 0.570. The fourth-order valence-corrected chi connectivity index (χ4v) is 2.95. The number of carbonyl (C=O) groups excluding carboxylic acids is 2. The van der Waals surface area contributed by atoms with E-state index >= 15 is 0 Å². The first-order valence-electron chi connectivity index (χ1n) is 8.61. The van der Waals surface area contributed by atoms with Crippen LogP contribution in [0.15, 0.2) is 30.3 Å². The lowest BCUT2D eigenvalue weighted by Crippen LogP contribution is -2.41. The van der Waals surface area contributed by atoms with Gasteiger partial charge >= 0.3 is 0 Å². The van der Waals surface area contributed by atoms with Gasteiger partial charge in [0.05, 0.1) is 37.7 Å². The second kappa shape index (κ2) is 7.57. The van der Waals surface area contributed by atoms with Crippen LogP contribution in [0.1, 0.15) is 17.5 Å². The number of benzene rings is 2. The van der Waals surface area contributed by atoms with Gasteiger partial charge in [-0.2, -0.15) is 0 Å². The van der Waals surface area contributed by atoms with E-state index in [1.165, 1.54) is 7.11 Å². The van der Waals surface area contributed by atoms with Crippen LogP contribution in [0.25, 0.3) is 0 Å². The number of fused-ring (bicyclic) bond motifs is 1. The number of hydrogen-bond donors (Lipinski definition) is 3. The molecule has 3 N–H and O–H groups in total. The van der Waals surface area contributed by atoms with Gasteiger partial charge in [-0.15, -0.1) is 0 Å². The van der Waals surface area contributed by atoms with Crippen molar-refractivity contribution in [2.75, 3.05) is 30.2 Å². The van der Waals surface area contributed by atoms with E-state index in [-0.39, 0.29) is 18.2 Å². The van der Waals surface area contributed by atoms with Crippen molar-refractivity contribution in [3.63, 3.8) is 0 Å². The zero-order chi connectivity index (χ0) is 19.6. The SMILES string of the molecule is COc1ccc(OC)c(NC(=O)CC2Nc3cc(C)c(C)cc3NC2=O)c1. The summed E-state index contributed by atoms with van der Waals surface area (Å²) in [6.07, 6.45) is -0.0153. The number of nitrogens with one attached hydrogen (secondary N) is 3. The molecule has 0 bridgehead atoms. The van der Waals surface area contributed by atoms with Gasteiger partial charge < -0.3 is 25.4 Å². The minimum atomic E-state index is -0.656. The number of hydrogen-bond acceptors (Lipinski definition) is 5. The number of aryl methyl sites for hydroxylation is 2. The molecule has 27 heavy (non-hydrogen) atoms. The van der Waals surface area contributed by atoms with Crippen molar-refractivity contribution in [2.45, 2.75) is 26.3 Å². The Morgan fingerprint density at radius 3 is 2.44 bits per heavy atom. The van der Waals surface area contributed by atoms with Crippen LogP contribution in [0.3, 0.4) is 0 Å². The third-order valence-electron chi connectivity index (χ3n) is 4.61. The highest BCUT2D eigenvalue weighted by molar-refractivity contribution is 6.06. The van der Waals surface area contributed by atoms with E-state index in [2.05, 4.69) is 16.0 Å². The molecule has 1 aliphatic rings. The highest BCUT2D eigenvalue weighted by Gasteiger charge is 2.28. The predicted octanol–water partition coefficient (Wildman–Crippen LogP) is 3.08. The van der Waals surface area contributed by atoms with E-state index in [4.69, 9.17) is 9.47 Å². The Labute approximate surface area is 158 Å². The molecular weight excluding hydrogens is 346 g/mol. The summed E-state index contributed by atoms with van der Waals surface area (Å²) in [5.41, 5.74) is 4.24. The van der Waals surface area contributed by atoms with E-state index in [1.807, 2.05) is 26.0 Å². The molecule has 1 atom stereocenters. The molecule has 0 fully saturated rings. The molecule has 1 unspecified atom stereocenters. The molecule has 7 nitrogen and oxygen atoms in total. The standard InChI is InChI=1S/C20H23N3O4/c1-11-7-14-15(8-12(11)2)23-20(25)17(21-14)10-19(24)22-16-9-13(26-3)5-6-18(16)27-4/h5-9,17,21H,10H2,1-4H3,(H,22,24)(H,23,25). The summed E-state index contributed by atoms with van der Waals surface area (Å²) in [4.78, 5) is 24.9. The van der Waals surface area contributed by atoms with E-state index in [9.17, 15) is 9.59 Å². The molecule has 3 rings (SSSR count). The fourth-order valence-electron chi connectivity index (χ4n) is 2.95. The molecule has 0 saturated heterocycles. The maximum Gasteiger partial charge on any atom is 0.247 e. The van der Waals surface area contributed by atoms with E-state index in [1.54, 1.807) is 25.3 Å². The molecule has 2 aromatic carbocycles. The molecule has 0 saturated carbocycles. The average molecular weight is 369 g/mol. The summed E-state index contributed by atoms with van der Waals surface area (Å²) in [6, 6.07) is 8.36. The molecule has 142 valence electrons. The first-order valence-corrected chi connectivity index (χ1v) is 8.61. The van der Waals surface area contributed by atoms with Crippen molar-refractivity contribution in [1.29, 1.82) is 0 Å². The third-order valence-corrected chi connectivity index (χ3v) is 4.61. The fraction of sp³-hybridized carbons (Fsp3) is 0.300. The number of amides is 2. The molecule has 2 aromatic rings. The Morgan fingerprint density at radius 2 is 1.78 bits per heavy atom. The summed E-state index contributed by atoms with van der Waals surface area (Å²) in [7, 11) is 3.07. The van der Waals surface area contributed by atoms with Gasteiger partial charge in [-0.3, -0.25) is 9.59 Å². The molecule has 1 aliphatic heterocycles. The molecular formula is C20H23N3O4. The minimum absolute atomic E-state index is 0.0153. The van der Waals surface area contributed by atoms with Crippen molar-refractivity contribution >= 4 is 28.9 Å². The molecule has 2 amide bonds. The molecule has 0 spiro atoms. The first kappa shape index (κ1) is 18.6. The van der Waals surface area contributed by atoms with E-state index in [0.29, 0.717) is 17.2 Å². The van der Waals surface area contributed by atoms with Gasteiger partial charge in [0.25, 0.3) is 0 Å². The van der Waals surface area contributed by atoms with Crippen molar-refractivity contribution in [2.24, 2.45) is 0 Å². The lowest BCUT2D eigenvalue weighted by atomic mass is 10.0. The number of methoxy groups -OCH3 is 2. The van der Waals surface area contributed by atoms with Crippen molar-refractivity contribution in [3.8, 4) is 11.5 Å². The molecule has 0 aliphatic carbocycles. The highest BCUT2D eigenvalue weighted by atomic mass is 16.5. The maximum atomic E-state index is 12.5. The van der Waals surface area contributed by atoms with Crippen LogP contribution < -0.4 is 25.4 Å². The lowest BCUT2D eigenvalue weighted by molar-refractivity contribution is -0.122. The summed E-state index contributed by atoms with van der Waals surface area (Å²) < 4.78 is 10.4. The third kappa shape index (κ3) is 3.97. The number of anilines is 3. The largest absolute Gasteiger partial charge is 0.497 e. The van der Waals surface area contributed by atoms with Crippen LogP contribution in [-0.2, 0) is 9.59 Å². The van der Waals surface area contributed by atoms with E-state index in [0.717, 1.165) is 22.5 Å². The second-order valence-corrected chi connectivity index (χ2v) is 6.49. The van der Waals surface area contributed by atoms with Crippen molar-refractivity contribution in [1.82, 2.24) is 0 Å². The normalized spacial score (nSPS) is 15.3. The zero-order valence-corrected chi connectivity index (χ0v) is 15.8. The van der Waals surface area contributed by atoms with Gasteiger partial charge in [0, 0.05) is 6.07 Å². The van der Waals surface area contributed by atoms with Gasteiger partial charge in [0.1, 0.15) is 17.5 Å². The molecule has 7 heteroatoms. The summed E-state index contributed by atoms with van der Waals surface area (Å²) >= 11 is 0. The molecule has 1 heterocycles. The van der Waals surface area contributed by atoms with Crippen LogP contribution >= 0.6 is 0 Å². The van der Waals surface area contributed by atoms with Gasteiger partial charge in [0.2, 0.25) is 11.8 Å². The Morgan fingerprint density at radius 1 is 1.07 bits per heavy atom. The Hall–Kier alpha value is -3.22. The van der Waals surface area contributed by atoms with Gasteiger partial charge in [0.15, 0.2) is 0 Å². The van der Waals surface area contributed by atoms with Crippen LogP contribution in [0.2, 0.25) is 0 Å². The quantitative estimate of drug-likeness (QED) is 0.754. The number of ether oxygens (including phenoxy) is 2. The maximum absolute atomic E-state index is 12.5. The predicted molar refractivity (Wildman–Crippen MR) is 105 cm³/mol. The molecule has 0 aromatic heterocycles. The van der Waals surface area contributed by atoms with E-state index < -0.39 is 6.04 Å². The summed E-state index contributed by atoms with van der Waals surface area (Å²) in [6.45, 7) is 3.99. The van der Waals surface area contributed by atoms with Gasteiger partial charge in [-0.25, -0.2) is 0 Å². The minimum Gasteiger partial charge on any atom is -0.497 e. The van der Waals surface area contributed by atoms with Crippen LogP contribution in [0.5, 0.6) is 11.5 Å². The highest BCUT2D eigenvalue weighted by Crippen LogP contribution is 2.31. The Kier molecular flexibility index (Phi) is 5.21. The zero-order valence-electron chi connectivity index (χ0n) is 15.8. The second-order valence-electron chi connectivity index (χ2n) is 6.49. The van der Waals surface area contributed by atoms with Crippen molar-refractivity contribution in [3.05, 3.63) is 41.5 Å². The number of rotatable bonds is 5. The average Bonchev–Trinajstić information content (AvgIpc) is 2.64. The van der Waals surface area contributed by atoms with Crippen LogP contribution in [-0.4, -0.2) is 32.1 Å². The van der Waals surface area contributed by atoms with Crippen LogP contribution in [0, 0.1) is 13.8 Å². The van der Waals surface area contributed by atoms with Gasteiger partial charge in [-0.05, 0) is 49.2 Å². The van der Waals surface area contributed by atoms with Crippen LogP contribution in [0.4, 0.5) is 17.1 Å². The lowest BCUT2D eigenvalue weighted by Gasteiger charge is -2.27. The monoisotopic (exact) mass is 369 g/mol. The number of carbonyl (C=O) groups is 2. The first-order chi connectivity index (χ1) is 12.9. The Bertz CT molecular complexity index is 895. The topological polar surface area (TPSA) is 88.7 Å². The smallest absolute Gasteiger partial charge is 0.247 e. The molecule has 0 radical (unpaired) electrons. The summed E-state index contributed by atoms with van der Waals surface area (Å²) in [5, 5.41) is 8.80. The van der Waals surface area contributed by atoms with Gasteiger partial charge in [-0.1, -0.05) is 0 Å². The van der Waals surface area contributed by atoms with Crippen molar-refractivity contribution < 1.29 is 19.1 Å².